The molecular weight excluding hydrogens is 396 g/mol. The lowest BCUT2D eigenvalue weighted by molar-refractivity contribution is -0.384. The van der Waals surface area contributed by atoms with E-state index in [-0.39, 0.29) is 5.69 Å². The van der Waals surface area contributed by atoms with Crippen molar-refractivity contribution in [3.63, 3.8) is 0 Å². The SMILES string of the molecule is O=Nc1ccccc1-c1cccc2c1Oc1cccc(-c3ccccc3[N+](=O)[O-])c1O2. The van der Waals surface area contributed by atoms with Crippen molar-refractivity contribution in [2.75, 3.05) is 0 Å². The third-order valence-electron chi connectivity index (χ3n) is 5.07. The average molecular weight is 410 g/mol. The molecule has 0 unspecified atom stereocenters. The standard InChI is InChI=1S/C24H14N2O5/c27-25-19-11-3-1-7-15(19)17-9-5-13-21-23(17)30-22-14-6-10-18(24(22)31-21)16-8-2-4-12-20(16)26(28)29/h1-14H. The second-order valence-electron chi connectivity index (χ2n) is 6.85. The molecule has 0 bridgehead atoms. The van der Waals surface area contributed by atoms with E-state index in [1.165, 1.54) is 6.07 Å². The molecular formula is C24H14N2O5. The zero-order valence-electron chi connectivity index (χ0n) is 16.0. The van der Waals surface area contributed by atoms with Gasteiger partial charge in [0.15, 0.2) is 23.0 Å². The molecule has 0 saturated heterocycles. The van der Waals surface area contributed by atoms with Gasteiger partial charge in [-0.05, 0) is 29.4 Å². The second-order valence-corrected chi connectivity index (χ2v) is 6.85. The van der Waals surface area contributed by atoms with Gasteiger partial charge in [0.25, 0.3) is 5.69 Å². The third kappa shape index (κ3) is 3.08. The van der Waals surface area contributed by atoms with Crippen LogP contribution >= 0.6 is 0 Å². The van der Waals surface area contributed by atoms with Crippen molar-refractivity contribution in [3.8, 4) is 45.3 Å². The molecule has 1 aliphatic rings. The molecule has 7 heteroatoms. The summed E-state index contributed by atoms with van der Waals surface area (Å²) in [7, 11) is 0. The molecule has 1 heterocycles. The van der Waals surface area contributed by atoms with Crippen molar-refractivity contribution in [2.45, 2.75) is 0 Å². The van der Waals surface area contributed by atoms with Gasteiger partial charge in [0, 0.05) is 22.8 Å². The number of benzene rings is 4. The van der Waals surface area contributed by atoms with E-state index in [0.717, 1.165) is 0 Å². The quantitative estimate of drug-likeness (QED) is 0.177. The molecule has 0 atom stereocenters. The maximum atomic E-state index is 11.5. The van der Waals surface area contributed by atoms with Gasteiger partial charge in [-0.2, -0.15) is 0 Å². The highest BCUT2D eigenvalue weighted by atomic mass is 16.6. The fourth-order valence-corrected chi connectivity index (χ4v) is 3.69. The van der Waals surface area contributed by atoms with E-state index in [4.69, 9.17) is 9.47 Å². The molecule has 0 saturated carbocycles. The minimum Gasteiger partial charge on any atom is -0.449 e. The number of para-hydroxylation sites is 3. The summed E-state index contributed by atoms with van der Waals surface area (Å²) in [4.78, 5) is 22.4. The Morgan fingerprint density at radius 1 is 0.645 bits per heavy atom. The highest BCUT2D eigenvalue weighted by molar-refractivity contribution is 5.85. The van der Waals surface area contributed by atoms with Gasteiger partial charge in [0.1, 0.15) is 5.69 Å². The van der Waals surface area contributed by atoms with Crippen molar-refractivity contribution in [1.82, 2.24) is 0 Å². The molecule has 150 valence electrons. The summed E-state index contributed by atoms with van der Waals surface area (Å²) < 4.78 is 12.4. The summed E-state index contributed by atoms with van der Waals surface area (Å²) in [6.07, 6.45) is 0. The predicted molar refractivity (Wildman–Crippen MR) is 116 cm³/mol. The molecule has 1 aliphatic heterocycles. The Balaban J connectivity index is 1.65. The van der Waals surface area contributed by atoms with Crippen LogP contribution in [-0.4, -0.2) is 4.92 Å². The van der Waals surface area contributed by atoms with Gasteiger partial charge < -0.3 is 9.47 Å². The number of fused-ring (bicyclic) bond motifs is 2. The minimum atomic E-state index is -0.423. The number of ether oxygens (including phenoxy) is 2. The van der Waals surface area contributed by atoms with Crippen LogP contribution in [0.4, 0.5) is 11.4 Å². The highest BCUT2D eigenvalue weighted by Crippen LogP contribution is 2.54. The molecule has 0 radical (unpaired) electrons. The van der Waals surface area contributed by atoms with Gasteiger partial charge in [-0.3, -0.25) is 10.1 Å². The van der Waals surface area contributed by atoms with Gasteiger partial charge in [-0.25, -0.2) is 0 Å². The molecule has 0 spiro atoms. The topological polar surface area (TPSA) is 91.0 Å². The minimum absolute atomic E-state index is 0.0231. The fourth-order valence-electron chi connectivity index (χ4n) is 3.69. The first-order valence-corrected chi connectivity index (χ1v) is 9.45. The number of nitro groups is 1. The Labute approximate surface area is 176 Å². The summed E-state index contributed by atoms with van der Waals surface area (Å²) in [5.41, 5.74) is 2.54. The largest absolute Gasteiger partial charge is 0.449 e. The number of rotatable bonds is 4. The fraction of sp³-hybridized carbons (Fsp3) is 0. The molecule has 0 aromatic heterocycles. The zero-order chi connectivity index (χ0) is 21.4. The summed E-state index contributed by atoms with van der Waals surface area (Å²) in [5, 5.41) is 14.6. The van der Waals surface area contributed by atoms with Crippen LogP contribution in [0.15, 0.2) is 90.1 Å². The lowest BCUT2D eigenvalue weighted by Gasteiger charge is -2.24. The molecule has 0 amide bonds. The van der Waals surface area contributed by atoms with Gasteiger partial charge in [-0.1, -0.05) is 54.6 Å². The van der Waals surface area contributed by atoms with E-state index in [9.17, 15) is 15.0 Å². The Hall–Kier alpha value is -4.52. The molecule has 0 fully saturated rings. The monoisotopic (exact) mass is 410 g/mol. The normalized spacial score (nSPS) is 11.5. The van der Waals surface area contributed by atoms with Crippen molar-refractivity contribution in [1.29, 1.82) is 0 Å². The molecule has 31 heavy (non-hydrogen) atoms. The molecule has 0 N–H and O–H groups in total. The average Bonchev–Trinajstić information content (AvgIpc) is 2.82. The Kier molecular flexibility index (Phi) is 4.41. The van der Waals surface area contributed by atoms with Gasteiger partial charge in [-0.15, -0.1) is 4.91 Å². The first-order valence-electron chi connectivity index (χ1n) is 9.45. The lowest BCUT2D eigenvalue weighted by Crippen LogP contribution is -2.02. The number of nitro benzene ring substituents is 1. The summed E-state index contributed by atoms with van der Waals surface area (Å²) >= 11 is 0. The van der Waals surface area contributed by atoms with Gasteiger partial charge in [0.05, 0.1) is 10.5 Å². The predicted octanol–water partition coefficient (Wildman–Crippen LogP) is 7.22. The smallest absolute Gasteiger partial charge is 0.277 e. The van der Waals surface area contributed by atoms with Gasteiger partial charge in [0.2, 0.25) is 0 Å². The molecule has 7 nitrogen and oxygen atoms in total. The zero-order valence-corrected chi connectivity index (χ0v) is 16.0. The molecule has 0 aliphatic carbocycles. The van der Waals surface area contributed by atoms with Crippen LogP contribution in [0.3, 0.4) is 0 Å². The number of nitrogens with zero attached hydrogens (tertiary/aromatic N) is 2. The van der Waals surface area contributed by atoms with Crippen LogP contribution in [0.5, 0.6) is 23.0 Å². The Bertz CT molecular complexity index is 1350. The molecule has 4 aromatic carbocycles. The highest BCUT2D eigenvalue weighted by Gasteiger charge is 2.27. The first-order chi connectivity index (χ1) is 15.2. The van der Waals surface area contributed by atoms with E-state index in [1.54, 1.807) is 66.7 Å². The van der Waals surface area contributed by atoms with Crippen LogP contribution in [0, 0.1) is 15.0 Å². The van der Waals surface area contributed by atoms with Gasteiger partial charge >= 0.3 is 0 Å². The van der Waals surface area contributed by atoms with Crippen molar-refractivity contribution < 1.29 is 14.4 Å². The third-order valence-corrected chi connectivity index (χ3v) is 5.07. The number of nitroso groups, excluding NO2 is 1. The van der Waals surface area contributed by atoms with Crippen LogP contribution in [0.1, 0.15) is 0 Å². The number of hydrogen-bond acceptors (Lipinski definition) is 6. The summed E-state index contributed by atoms with van der Waals surface area (Å²) in [5.74, 6) is 1.71. The second kappa shape index (κ2) is 7.38. The number of hydrogen-bond donors (Lipinski definition) is 0. The maximum Gasteiger partial charge on any atom is 0.277 e. The van der Waals surface area contributed by atoms with Crippen LogP contribution < -0.4 is 9.47 Å². The van der Waals surface area contributed by atoms with E-state index < -0.39 is 4.92 Å². The van der Waals surface area contributed by atoms with Crippen LogP contribution in [0.2, 0.25) is 0 Å². The van der Waals surface area contributed by atoms with Crippen molar-refractivity contribution in [2.24, 2.45) is 5.18 Å². The molecule has 4 aromatic rings. The summed E-state index contributed by atoms with van der Waals surface area (Å²) in [6, 6.07) is 24.1. The summed E-state index contributed by atoms with van der Waals surface area (Å²) in [6.45, 7) is 0. The molecule has 5 rings (SSSR count). The Morgan fingerprint density at radius 3 is 1.77 bits per heavy atom. The first kappa shape index (κ1) is 18.5. The van der Waals surface area contributed by atoms with Crippen molar-refractivity contribution >= 4 is 11.4 Å². The maximum absolute atomic E-state index is 11.5. The van der Waals surface area contributed by atoms with Crippen LogP contribution in [0.25, 0.3) is 22.3 Å². The van der Waals surface area contributed by atoms with E-state index in [1.807, 2.05) is 12.1 Å². The van der Waals surface area contributed by atoms with E-state index in [0.29, 0.717) is 50.9 Å². The lowest BCUT2D eigenvalue weighted by atomic mass is 10.00. The van der Waals surface area contributed by atoms with Crippen LogP contribution in [-0.2, 0) is 0 Å². The van der Waals surface area contributed by atoms with E-state index in [2.05, 4.69) is 5.18 Å². The Morgan fingerprint density at radius 2 is 1.16 bits per heavy atom. The van der Waals surface area contributed by atoms with E-state index >= 15 is 0 Å². The van der Waals surface area contributed by atoms with Crippen molar-refractivity contribution in [3.05, 3.63) is 100.0 Å².